The number of nitro groups is 1. The van der Waals surface area contributed by atoms with Gasteiger partial charge in [-0.1, -0.05) is 51.5 Å². The van der Waals surface area contributed by atoms with E-state index in [4.69, 9.17) is 4.74 Å². The van der Waals surface area contributed by atoms with E-state index in [2.05, 4.69) is 26.5 Å². The van der Waals surface area contributed by atoms with Gasteiger partial charge < -0.3 is 4.74 Å². The molecule has 0 bridgehead atoms. The van der Waals surface area contributed by atoms with Crippen LogP contribution in [0.2, 0.25) is 0 Å². The predicted octanol–water partition coefficient (Wildman–Crippen LogP) is 4.10. The number of nitrogens with zero attached hydrogens (tertiary/aromatic N) is 2. The summed E-state index contributed by atoms with van der Waals surface area (Å²) in [5, 5.41) is 16.3. The lowest BCUT2D eigenvalue weighted by molar-refractivity contribution is -0.380. The van der Waals surface area contributed by atoms with Gasteiger partial charge in [-0.05, 0) is 23.6 Å². The van der Waals surface area contributed by atoms with Gasteiger partial charge in [-0.15, -0.1) is 0 Å². The Labute approximate surface area is 160 Å². The molecule has 0 aliphatic carbocycles. The first kappa shape index (κ1) is 18.0. The minimum absolute atomic E-state index is 0.0169. The number of thiophene rings is 1. The maximum absolute atomic E-state index is 11.9. The lowest BCUT2D eigenvalue weighted by atomic mass is 10.1. The molecule has 0 aliphatic heterocycles. The summed E-state index contributed by atoms with van der Waals surface area (Å²) in [6.07, 6.45) is 1.35. The van der Waals surface area contributed by atoms with Crippen molar-refractivity contribution in [2.45, 2.75) is 0 Å². The van der Waals surface area contributed by atoms with Crippen LogP contribution in [0, 0.1) is 10.1 Å². The van der Waals surface area contributed by atoms with Crippen molar-refractivity contribution in [2.24, 2.45) is 5.10 Å². The summed E-state index contributed by atoms with van der Waals surface area (Å²) in [6.45, 7) is -0.201. The lowest BCUT2D eigenvalue weighted by Gasteiger charge is -2.09. The number of ether oxygens (including phenoxy) is 1. The standard InChI is InChI=1S/C17H12BrN3O4S/c18-14-6-7-15(13-4-2-1-3-12(13)14)25-10-16(22)20-19-9-11-5-8-17(26-11)21(23)24/h1-9H,10H2,(H,20,22)/b19-9-. The third-order valence-corrected chi connectivity index (χ3v) is 5.03. The number of hydrazone groups is 1. The summed E-state index contributed by atoms with van der Waals surface area (Å²) in [5.74, 6) is 0.163. The topological polar surface area (TPSA) is 93.8 Å². The quantitative estimate of drug-likeness (QED) is 0.359. The largest absolute Gasteiger partial charge is 0.483 e. The summed E-state index contributed by atoms with van der Waals surface area (Å²) < 4.78 is 6.52. The molecule has 2 aromatic carbocycles. The van der Waals surface area contributed by atoms with Crippen molar-refractivity contribution in [3.8, 4) is 5.75 Å². The number of carbonyl (C=O) groups is 1. The highest BCUT2D eigenvalue weighted by Gasteiger charge is 2.09. The number of benzene rings is 2. The Morgan fingerprint density at radius 1 is 1.23 bits per heavy atom. The van der Waals surface area contributed by atoms with Crippen LogP contribution in [0.5, 0.6) is 5.75 Å². The highest BCUT2D eigenvalue weighted by molar-refractivity contribution is 9.10. The van der Waals surface area contributed by atoms with Crippen LogP contribution in [0.1, 0.15) is 4.88 Å². The molecule has 1 aromatic heterocycles. The fourth-order valence-corrected chi connectivity index (χ4v) is 3.39. The zero-order valence-corrected chi connectivity index (χ0v) is 15.6. The first-order valence-electron chi connectivity index (χ1n) is 7.41. The third-order valence-electron chi connectivity index (χ3n) is 3.36. The number of nitrogens with one attached hydrogen (secondary N) is 1. The molecule has 0 fully saturated rings. The molecule has 0 radical (unpaired) electrons. The Bertz CT molecular complexity index is 1000. The number of hydrogen-bond acceptors (Lipinski definition) is 6. The van der Waals surface area contributed by atoms with Gasteiger partial charge in [0.15, 0.2) is 6.61 Å². The van der Waals surface area contributed by atoms with E-state index in [1.165, 1.54) is 12.3 Å². The molecule has 0 atom stereocenters. The maximum atomic E-state index is 11.9. The fourth-order valence-electron chi connectivity index (χ4n) is 2.21. The van der Waals surface area contributed by atoms with E-state index in [-0.39, 0.29) is 11.6 Å². The second kappa shape index (κ2) is 8.07. The van der Waals surface area contributed by atoms with Crippen molar-refractivity contribution >= 4 is 55.2 Å². The third kappa shape index (κ3) is 4.24. The highest BCUT2D eigenvalue weighted by atomic mass is 79.9. The maximum Gasteiger partial charge on any atom is 0.324 e. The van der Waals surface area contributed by atoms with Crippen molar-refractivity contribution in [1.82, 2.24) is 5.43 Å². The number of hydrogen-bond donors (Lipinski definition) is 1. The summed E-state index contributed by atoms with van der Waals surface area (Å²) >= 11 is 4.45. The average Bonchev–Trinajstić information content (AvgIpc) is 3.11. The molecule has 0 saturated heterocycles. The normalized spacial score (nSPS) is 11.0. The Kier molecular flexibility index (Phi) is 5.59. The molecule has 3 rings (SSSR count). The molecule has 26 heavy (non-hydrogen) atoms. The van der Waals surface area contributed by atoms with Gasteiger partial charge in [-0.25, -0.2) is 5.43 Å². The number of halogens is 1. The zero-order chi connectivity index (χ0) is 18.5. The Balaban J connectivity index is 1.58. The number of amides is 1. The van der Waals surface area contributed by atoms with Gasteiger partial charge in [0.1, 0.15) is 5.75 Å². The summed E-state index contributed by atoms with van der Waals surface area (Å²) in [7, 11) is 0. The zero-order valence-electron chi connectivity index (χ0n) is 13.2. The minimum Gasteiger partial charge on any atom is -0.483 e. The van der Waals surface area contributed by atoms with Crippen molar-refractivity contribution in [3.05, 3.63) is 68.0 Å². The minimum atomic E-state index is -0.475. The van der Waals surface area contributed by atoms with Gasteiger partial charge in [-0.3, -0.25) is 14.9 Å². The van der Waals surface area contributed by atoms with Gasteiger partial charge in [0.25, 0.3) is 5.91 Å². The fraction of sp³-hybridized carbons (Fsp3) is 0.0588. The molecular weight excluding hydrogens is 422 g/mol. The summed E-state index contributed by atoms with van der Waals surface area (Å²) in [5.41, 5.74) is 2.33. The molecule has 0 aliphatic rings. The summed E-state index contributed by atoms with van der Waals surface area (Å²) in [6, 6.07) is 14.3. The Morgan fingerprint density at radius 2 is 2.00 bits per heavy atom. The first-order chi connectivity index (χ1) is 12.5. The van der Waals surface area contributed by atoms with Crippen LogP contribution < -0.4 is 10.2 Å². The number of fused-ring (bicyclic) bond motifs is 1. The van der Waals surface area contributed by atoms with Crippen molar-refractivity contribution in [1.29, 1.82) is 0 Å². The van der Waals surface area contributed by atoms with Gasteiger partial charge in [-0.2, -0.15) is 5.10 Å². The molecule has 9 heteroatoms. The van der Waals surface area contributed by atoms with Crippen molar-refractivity contribution in [2.75, 3.05) is 6.61 Å². The SMILES string of the molecule is O=C(COc1ccc(Br)c2ccccc12)N/N=C\c1ccc([N+](=O)[O-])s1. The van der Waals surface area contributed by atoms with Crippen LogP contribution in [-0.4, -0.2) is 23.7 Å². The van der Waals surface area contributed by atoms with Gasteiger partial charge >= 0.3 is 5.00 Å². The van der Waals surface area contributed by atoms with Crippen LogP contribution >= 0.6 is 27.3 Å². The number of rotatable bonds is 6. The molecule has 1 N–H and O–H groups in total. The molecule has 3 aromatic rings. The molecule has 132 valence electrons. The van der Waals surface area contributed by atoms with E-state index >= 15 is 0 Å². The van der Waals surface area contributed by atoms with Gasteiger partial charge in [0.2, 0.25) is 0 Å². The highest BCUT2D eigenvalue weighted by Crippen LogP contribution is 2.31. The van der Waals surface area contributed by atoms with E-state index in [1.54, 1.807) is 12.1 Å². The summed E-state index contributed by atoms with van der Waals surface area (Å²) in [4.78, 5) is 22.6. The molecule has 0 unspecified atom stereocenters. The molecule has 1 heterocycles. The molecular formula is C17H12BrN3O4S. The smallest absolute Gasteiger partial charge is 0.324 e. The molecule has 0 spiro atoms. The van der Waals surface area contributed by atoms with Crippen LogP contribution in [0.3, 0.4) is 0 Å². The Hall–Kier alpha value is -2.78. The average molecular weight is 434 g/mol. The van der Waals surface area contributed by atoms with E-state index < -0.39 is 10.8 Å². The van der Waals surface area contributed by atoms with Gasteiger partial charge in [0, 0.05) is 15.9 Å². The lowest BCUT2D eigenvalue weighted by Crippen LogP contribution is -2.24. The second-order valence-electron chi connectivity index (χ2n) is 5.11. The monoisotopic (exact) mass is 433 g/mol. The van der Waals surface area contributed by atoms with Crippen molar-refractivity contribution in [3.63, 3.8) is 0 Å². The predicted molar refractivity (Wildman–Crippen MR) is 104 cm³/mol. The van der Waals surface area contributed by atoms with E-state index in [0.717, 1.165) is 26.6 Å². The Morgan fingerprint density at radius 3 is 2.73 bits per heavy atom. The number of carbonyl (C=O) groups excluding carboxylic acids is 1. The van der Waals surface area contributed by atoms with Gasteiger partial charge in [0.05, 0.1) is 16.0 Å². The van der Waals surface area contributed by atoms with Crippen LogP contribution in [0.15, 0.2) is 58.1 Å². The molecule has 1 amide bonds. The molecule has 7 nitrogen and oxygen atoms in total. The molecule has 0 saturated carbocycles. The van der Waals surface area contributed by atoms with Crippen LogP contribution in [0.4, 0.5) is 5.00 Å². The second-order valence-corrected chi connectivity index (χ2v) is 7.05. The first-order valence-corrected chi connectivity index (χ1v) is 9.02. The van der Waals surface area contributed by atoms with E-state index in [0.29, 0.717) is 10.6 Å². The van der Waals surface area contributed by atoms with Crippen molar-refractivity contribution < 1.29 is 14.5 Å². The van der Waals surface area contributed by atoms with Crippen LogP contribution in [-0.2, 0) is 4.79 Å². The van der Waals surface area contributed by atoms with Crippen LogP contribution in [0.25, 0.3) is 10.8 Å². The van der Waals surface area contributed by atoms with E-state index in [1.807, 2.05) is 30.3 Å². The van der Waals surface area contributed by atoms with E-state index in [9.17, 15) is 14.9 Å².